The second-order valence-corrected chi connectivity index (χ2v) is 2.69. The van der Waals surface area contributed by atoms with Gasteiger partial charge in [-0.25, -0.2) is 0 Å². The Balaban J connectivity index is 0.000000605. The Labute approximate surface area is 67.2 Å². The zero-order chi connectivity index (χ0) is 6.81. The molecule has 0 radical (unpaired) electrons. The van der Waals surface area contributed by atoms with Gasteiger partial charge >= 0.3 is 0 Å². The molecule has 0 atom stereocenters. The van der Waals surface area contributed by atoms with E-state index < -0.39 is 0 Å². The van der Waals surface area contributed by atoms with E-state index in [0.717, 1.165) is 6.54 Å². The molecule has 0 aromatic heterocycles. The predicted octanol–water partition coefficient (Wildman–Crippen LogP) is 2.21. The summed E-state index contributed by atoms with van der Waals surface area (Å²) in [4.78, 5) is 0. The number of hydrogen-bond acceptors (Lipinski definition) is 2. The Kier molecular flexibility index (Phi) is 2.49. The molecule has 2 nitrogen and oxygen atoms in total. The number of aryl methyl sites for hydroxylation is 1. The standard InChI is InChI=1S/C9H11N.H3N/c1-2-6-9-8(4-1)5-3-7-10-9;/h1-2,4,6,10H,3,5,7H2;1H3. The van der Waals surface area contributed by atoms with Crippen LogP contribution in [0, 0.1) is 0 Å². The molecular weight excluding hydrogens is 136 g/mol. The molecule has 2 rings (SSSR count). The van der Waals surface area contributed by atoms with Crippen molar-refractivity contribution in [1.29, 1.82) is 0 Å². The molecule has 1 aliphatic heterocycles. The van der Waals surface area contributed by atoms with Gasteiger partial charge in [-0.15, -0.1) is 0 Å². The van der Waals surface area contributed by atoms with Crippen LogP contribution in [0.4, 0.5) is 5.69 Å². The van der Waals surface area contributed by atoms with E-state index >= 15 is 0 Å². The molecule has 4 N–H and O–H groups in total. The lowest BCUT2D eigenvalue weighted by atomic mass is 10.0. The van der Waals surface area contributed by atoms with Crippen molar-refractivity contribution >= 4 is 5.69 Å². The van der Waals surface area contributed by atoms with E-state index in [4.69, 9.17) is 0 Å². The largest absolute Gasteiger partial charge is 0.385 e. The third-order valence-corrected chi connectivity index (χ3v) is 1.96. The molecule has 0 aliphatic carbocycles. The van der Waals surface area contributed by atoms with E-state index in [1.165, 1.54) is 24.1 Å². The van der Waals surface area contributed by atoms with Crippen molar-refractivity contribution in [2.75, 3.05) is 11.9 Å². The lowest BCUT2D eigenvalue weighted by molar-refractivity contribution is 0.830. The lowest BCUT2D eigenvalue weighted by Gasteiger charge is -2.16. The van der Waals surface area contributed by atoms with E-state index in [1.807, 2.05) is 0 Å². The molecule has 0 amide bonds. The number of para-hydroxylation sites is 1. The molecule has 0 unspecified atom stereocenters. The summed E-state index contributed by atoms with van der Waals surface area (Å²) in [5.41, 5.74) is 2.79. The summed E-state index contributed by atoms with van der Waals surface area (Å²) >= 11 is 0. The highest BCUT2D eigenvalue weighted by atomic mass is 14.9. The van der Waals surface area contributed by atoms with E-state index in [1.54, 1.807) is 0 Å². The van der Waals surface area contributed by atoms with E-state index in [9.17, 15) is 0 Å². The highest BCUT2D eigenvalue weighted by Crippen LogP contribution is 2.19. The van der Waals surface area contributed by atoms with Gasteiger partial charge in [-0.1, -0.05) is 18.2 Å². The second-order valence-electron chi connectivity index (χ2n) is 2.69. The monoisotopic (exact) mass is 150 g/mol. The van der Waals surface area contributed by atoms with Crippen LogP contribution < -0.4 is 11.5 Å². The topological polar surface area (TPSA) is 47.0 Å². The van der Waals surface area contributed by atoms with Crippen LogP contribution in [-0.4, -0.2) is 6.54 Å². The van der Waals surface area contributed by atoms with E-state index in [-0.39, 0.29) is 6.15 Å². The minimum Gasteiger partial charge on any atom is -0.385 e. The fourth-order valence-corrected chi connectivity index (χ4v) is 1.41. The van der Waals surface area contributed by atoms with Gasteiger partial charge in [0, 0.05) is 12.2 Å². The van der Waals surface area contributed by atoms with Crippen LogP contribution >= 0.6 is 0 Å². The van der Waals surface area contributed by atoms with Crippen LogP contribution in [0.15, 0.2) is 24.3 Å². The highest BCUT2D eigenvalue weighted by Gasteiger charge is 2.04. The van der Waals surface area contributed by atoms with Gasteiger partial charge in [0.1, 0.15) is 0 Å². The summed E-state index contributed by atoms with van der Waals surface area (Å²) in [5.74, 6) is 0. The van der Waals surface area contributed by atoms with Crippen LogP contribution in [0.1, 0.15) is 12.0 Å². The first kappa shape index (κ1) is 8.08. The molecule has 60 valence electrons. The van der Waals surface area contributed by atoms with Gasteiger partial charge in [0.15, 0.2) is 0 Å². The van der Waals surface area contributed by atoms with Crippen LogP contribution in [0.25, 0.3) is 0 Å². The van der Waals surface area contributed by atoms with Gasteiger partial charge in [0.25, 0.3) is 0 Å². The molecule has 0 saturated carbocycles. The van der Waals surface area contributed by atoms with Crippen LogP contribution in [0.2, 0.25) is 0 Å². The summed E-state index contributed by atoms with van der Waals surface area (Å²) in [6, 6.07) is 8.53. The minimum atomic E-state index is 0. The summed E-state index contributed by atoms with van der Waals surface area (Å²) in [6.07, 6.45) is 2.51. The van der Waals surface area contributed by atoms with Crippen LogP contribution in [0.5, 0.6) is 0 Å². The maximum atomic E-state index is 3.36. The highest BCUT2D eigenvalue weighted by molar-refractivity contribution is 5.52. The molecule has 2 heteroatoms. The quantitative estimate of drug-likeness (QED) is 0.595. The van der Waals surface area contributed by atoms with Crippen LogP contribution in [-0.2, 0) is 6.42 Å². The van der Waals surface area contributed by atoms with Crippen molar-refractivity contribution in [3.8, 4) is 0 Å². The first-order chi connectivity index (χ1) is 4.97. The van der Waals surface area contributed by atoms with Crippen molar-refractivity contribution < 1.29 is 0 Å². The molecule has 1 aromatic carbocycles. The first-order valence-electron chi connectivity index (χ1n) is 3.78. The fraction of sp³-hybridized carbons (Fsp3) is 0.333. The molecular formula is C9H14N2. The number of benzene rings is 1. The molecule has 0 spiro atoms. The molecule has 1 aliphatic rings. The Morgan fingerprint density at radius 1 is 1.18 bits per heavy atom. The summed E-state index contributed by atoms with van der Waals surface area (Å²) in [5, 5.41) is 3.36. The average Bonchev–Trinajstić information content (AvgIpc) is 2.05. The second kappa shape index (κ2) is 3.39. The Morgan fingerprint density at radius 3 is 2.82 bits per heavy atom. The first-order valence-corrected chi connectivity index (χ1v) is 3.78. The molecule has 1 heterocycles. The minimum absolute atomic E-state index is 0. The number of nitrogens with one attached hydrogen (secondary N) is 1. The maximum Gasteiger partial charge on any atom is 0.0372 e. The average molecular weight is 150 g/mol. The Bertz CT molecular complexity index is 208. The summed E-state index contributed by atoms with van der Waals surface area (Å²) in [7, 11) is 0. The summed E-state index contributed by atoms with van der Waals surface area (Å²) < 4.78 is 0. The number of anilines is 1. The molecule has 0 fully saturated rings. The lowest BCUT2D eigenvalue weighted by Crippen LogP contribution is -2.10. The van der Waals surface area contributed by atoms with E-state index in [2.05, 4.69) is 29.6 Å². The molecule has 0 bridgehead atoms. The van der Waals surface area contributed by atoms with Gasteiger partial charge in [-0.2, -0.15) is 0 Å². The Morgan fingerprint density at radius 2 is 2.00 bits per heavy atom. The third-order valence-electron chi connectivity index (χ3n) is 1.96. The predicted molar refractivity (Wildman–Crippen MR) is 48.3 cm³/mol. The van der Waals surface area contributed by atoms with Crippen molar-refractivity contribution in [2.45, 2.75) is 12.8 Å². The smallest absolute Gasteiger partial charge is 0.0372 e. The number of fused-ring (bicyclic) bond motifs is 1. The van der Waals surface area contributed by atoms with Gasteiger partial charge < -0.3 is 11.5 Å². The van der Waals surface area contributed by atoms with Crippen molar-refractivity contribution in [3.63, 3.8) is 0 Å². The molecule has 11 heavy (non-hydrogen) atoms. The van der Waals surface area contributed by atoms with Crippen LogP contribution in [0.3, 0.4) is 0 Å². The fourth-order valence-electron chi connectivity index (χ4n) is 1.41. The number of hydrogen-bond donors (Lipinski definition) is 2. The zero-order valence-corrected chi connectivity index (χ0v) is 6.64. The molecule has 1 aromatic rings. The SMILES string of the molecule is N.c1ccc2c(c1)CCCN2. The third kappa shape index (κ3) is 1.52. The van der Waals surface area contributed by atoms with E-state index in [0.29, 0.717) is 0 Å². The molecule has 0 saturated heterocycles. The van der Waals surface area contributed by atoms with Gasteiger partial charge in [0.05, 0.1) is 0 Å². The van der Waals surface area contributed by atoms with Gasteiger partial charge in [-0.05, 0) is 24.5 Å². The zero-order valence-electron chi connectivity index (χ0n) is 6.64. The van der Waals surface area contributed by atoms with Crippen molar-refractivity contribution in [1.82, 2.24) is 6.15 Å². The summed E-state index contributed by atoms with van der Waals surface area (Å²) in [6.45, 7) is 1.14. The van der Waals surface area contributed by atoms with Gasteiger partial charge in [0.2, 0.25) is 0 Å². The normalized spacial score (nSPS) is 14.2. The maximum absolute atomic E-state index is 3.36. The Hall–Kier alpha value is -1.02. The van der Waals surface area contributed by atoms with Gasteiger partial charge in [-0.3, -0.25) is 0 Å². The number of rotatable bonds is 0. The van der Waals surface area contributed by atoms with Crippen molar-refractivity contribution in [2.24, 2.45) is 0 Å². The van der Waals surface area contributed by atoms with Crippen molar-refractivity contribution in [3.05, 3.63) is 29.8 Å².